The molecule has 1 atom stereocenters. The van der Waals surface area contributed by atoms with Gasteiger partial charge in [0.05, 0.1) is 24.8 Å². The fourth-order valence-electron chi connectivity index (χ4n) is 3.81. The van der Waals surface area contributed by atoms with Gasteiger partial charge >= 0.3 is 0 Å². The molecule has 1 heterocycles. The maximum atomic E-state index is 14.6. The topological polar surface area (TPSA) is 135 Å². The molecule has 1 aliphatic carbocycles. The second-order valence-corrected chi connectivity index (χ2v) is 8.72. The molecule has 1 amide bonds. The fraction of sp³-hybridized carbons (Fsp3) is 0.385. The molecule has 190 valence electrons. The average Bonchev–Trinajstić information content (AvgIpc) is 3.35. The number of halogens is 1. The van der Waals surface area contributed by atoms with Gasteiger partial charge in [-0.3, -0.25) is 9.59 Å². The number of amides is 1. The minimum absolute atomic E-state index is 0.128. The molecule has 9 nitrogen and oxygen atoms in total. The fourth-order valence-corrected chi connectivity index (χ4v) is 3.81. The quantitative estimate of drug-likeness (QED) is 0.343. The summed E-state index contributed by atoms with van der Waals surface area (Å²) in [5, 5.41) is 24.4. The number of rotatable bonds is 11. The van der Waals surface area contributed by atoms with E-state index in [9.17, 15) is 14.0 Å². The van der Waals surface area contributed by atoms with Gasteiger partial charge in [0.2, 0.25) is 5.82 Å². The SMILES string of the molecule is CC[C@@H](Oc1ccc(C(=O)C2CCC2)cc1)c1nc(-c2ccc(C(=O)NC(CO)CO)c(F)c2)no1. The summed E-state index contributed by atoms with van der Waals surface area (Å²) in [5.41, 5.74) is 0.722. The highest BCUT2D eigenvalue weighted by atomic mass is 19.1. The molecule has 1 aliphatic rings. The number of hydrogen-bond acceptors (Lipinski definition) is 8. The molecule has 0 radical (unpaired) electrons. The molecule has 0 saturated heterocycles. The molecule has 1 aromatic heterocycles. The third-order valence-corrected chi connectivity index (χ3v) is 6.23. The Labute approximate surface area is 207 Å². The number of nitrogens with one attached hydrogen (secondary N) is 1. The lowest BCUT2D eigenvalue weighted by atomic mass is 9.80. The van der Waals surface area contributed by atoms with Crippen molar-refractivity contribution in [3.63, 3.8) is 0 Å². The molecule has 3 N–H and O–H groups in total. The Kier molecular flexibility index (Phi) is 8.07. The van der Waals surface area contributed by atoms with Crippen LogP contribution in [0.1, 0.15) is 65.3 Å². The third-order valence-electron chi connectivity index (χ3n) is 6.23. The number of hydrogen-bond donors (Lipinski definition) is 3. The Morgan fingerprint density at radius 2 is 1.89 bits per heavy atom. The standard InChI is InChI=1S/C26H28FN3O6/c1-2-22(35-19-9-6-16(7-10-19)23(33)15-4-3-5-15)26-29-24(30-36-26)17-8-11-20(21(27)12-17)25(34)28-18(13-31)14-32/h6-12,15,18,22,31-32H,2-5,13-14H2,1H3,(H,28,34)/t22-/m1/s1. The molecule has 10 heteroatoms. The maximum Gasteiger partial charge on any atom is 0.268 e. The zero-order valence-corrected chi connectivity index (χ0v) is 19.8. The van der Waals surface area contributed by atoms with Crippen LogP contribution in [0.3, 0.4) is 0 Å². The largest absolute Gasteiger partial charge is 0.481 e. The van der Waals surface area contributed by atoms with Crippen LogP contribution >= 0.6 is 0 Å². The van der Waals surface area contributed by atoms with E-state index in [1.807, 2.05) is 6.92 Å². The molecule has 0 bridgehead atoms. The lowest BCUT2D eigenvalue weighted by Gasteiger charge is -2.23. The summed E-state index contributed by atoms with van der Waals surface area (Å²) >= 11 is 0. The molecule has 0 spiro atoms. The number of nitrogens with zero attached hydrogens (tertiary/aromatic N) is 2. The van der Waals surface area contributed by atoms with E-state index in [2.05, 4.69) is 15.5 Å². The van der Waals surface area contributed by atoms with Gasteiger partial charge in [0, 0.05) is 17.0 Å². The smallest absolute Gasteiger partial charge is 0.268 e. The van der Waals surface area contributed by atoms with Gasteiger partial charge in [-0.2, -0.15) is 4.98 Å². The molecule has 36 heavy (non-hydrogen) atoms. The molecular weight excluding hydrogens is 469 g/mol. The van der Waals surface area contributed by atoms with Gasteiger partial charge in [-0.25, -0.2) is 4.39 Å². The first-order chi connectivity index (χ1) is 17.4. The Bertz CT molecular complexity index is 1200. The van der Waals surface area contributed by atoms with Gasteiger partial charge in [-0.15, -0.1) is 0 Å². The first-order valence-electron chi connectivity index (χ1n) is 11.9. The van der Waals surface area contributed by atoms with Crippen molar-refractivity contribution < 1.29 is 33.5 Å². The van der Waals surface area contributed by atoms with Gasteiger partial charge in [0.15, 0.2) is 11.9 Å². The highest BCUT2D eigenvalue weighted by Gasteiger charge is 2.26. The number of ketones is 1. The molecule has 3 aromatic rings. The summed E-state index contributed by atoms with van der Waals surface area (Å²) in [6.45, 7) is 0.941. The second kappa shape index (κ2) is 11.4. The predicted molar refractivity (Wildman–Crippen MR) is 127 cm³/mol. The van der Waals surface area contributed by atoms with E-state index in [-0.39, 0.29) is 29.0 Å². The number of benzene rings is 2. The summed E-state index contributed by atoms with van der Waals surface area (Å²) in [7, 11) is 0. The molecule has 1 saturated carbocycles. The molecule has 0 unspecified atom stereocenters. The van der Waals surface area contributed by atoms with Crippen molar-refractivity contribution in [1.82, 2.24) is 15.5 Å². The lowest BCUT2D eigenvalue weighted by molar-refractivity contribution is 0.0853. The summed E-state index contributed by atoms with van der Waals surface area (Å²) in [6, 6.07) is 9.95. The monoisotopic (exact) mass is 497 g/mol. The average molecular weight is 498 g/mol. The van der Waals surface area contributed by atoms with Gasteiger partial charge in [0.1, 0.15) is 11.6 Å². The van der Waals surface area contributed by atoms with Crippen molar-refractivity contribution in [3.05, 3.63) is 65.3 Å². The number of carbonyl (C=O) groups excluding carboxylic acids is 2. The Morgan fingerprint density at radius 1 is 1.17 bits per heavy atom. The minimum atomic E-state index is -0.887. The number of carbonyl (C=O) groups is 2. The number of ether oxygens (including phenoxy) is 1. The van der Waals surface area contributed by atoms with Crippen molar-refractivity contribution in [1.29, 1.82) is 0 Å². The normalized spacial score (nSPS) is 14.4. The van der Waals surface area contributed by atoms with Crippen LogP contribution in [0.4, 0.5) is 4.39 Å². The van der Waals surface area contributed by atoms with Crippen LogP contribution in [-0.2, 0) is 0 Å². The van der Waals surface area contributed by atoms with E-state index < -0.39 is 37.1 Å². The summed E-state index contributed by atoms with van der Waals surface area (Å²) in [5.74, 6) is -0.396. The lowest BCUT2D eigenvalue weighted by Crippen LogP contribution is -2.40. The third kappa shape index (κ3) is 5.60. The Hall–Kier alpha value is -3.63. The van der Waals surface area contributed by atoms with Gasteiger partial charge in [-0.1, -0.05) is 24.6 Å². The van der Waals surface area contributed by atoms with E-state index in [0.29, 0.717) is 23.3 Å². The highest BCUT2D eigenvalue weighted by Crippen LogP contribution is 2.31. The van der Waals surface area contributed by atoms with Crippen LogP contribution in [0.25, 0.3) is 11.4 Å². The molecule has 2 aromatic carbocycles. The van der Waals surface area contributed by atoms with E-state index in [1.165, 1.54) is 12.1 Å². The van der Waals surface area contributed by atoms with Crippen LogP contribution in [0.5, 0.6) is 5.75 Å². The first-order valence-corrected chi connectivity index (χ1v) is 11.9. The summed E-state index contributed by atoms with van der Waals surface area (Å²) in [4.78, 5) is 28.9. The molecule has 0 aliphatic heterocycles. The summed E-state index contributed by atoms with van der Waals surface area (Å²) in [6.07, 6.45) is 2.96. The van der Waals surface area contributed by atoms with Crippen molar-refractivity contribution >= 4 is 11.7 Å². The van der Waals surface area contributed by atoms with E-state index in [0.717, 1.165) is 25.3 Å². The van der Waals surface area contributed by atoms with E-state index in [4.69, 9.17) is 19.5 Å². The molecular formula is C26H28FN3O6. The zero-order valence-electron chi connectivity index (χ0n) is 19.8. The number of Topliss-reactive ketones (excluding diaryl/α,β-unsaturated/α-hetero) is 1. The summed E-state index contributed by atoms with van der Waals surface area (Å²) < 4.78 is 26.0. The van der Waals surface area contributed by atoms with Gasteiger partial charge in [0.25, 0.3) is 11.8 Å². The van der Waals surface area contributed by atoms with Crippen LogP contribution < -0.4 is 10.1 Å². The number of aliphatic hydroxyl groups excluding tert-OH is 2. The van der Waals surface area contributed by atoms with Crippen molar-refractivity contribution in [3.8, 4) is 17.1 Å². The maximum absolute atomic E-state index is 14.6. The van der Waals surface area contributed by atoms with Crippen molar-refractivity contribution in [2.75, 3.05) is 13.2 Å². The predicted octanol–water partition coefficient (Wildman–Crippen LogP) is 3.47. The Morgan fingerprint density at radius 3 is 2.47 bits per heavy atom. The zero-order chi connectivity index (χ0) is 25.7. The van der Waals surface area contributed by atoms with Crippen molar-refractivity contribution in [2.45, 2.75) is 44.8 Å². The van der Waals surface area contributed by atoms with Crippen molar-refractivity contribution in [2.24, 2.45) is 5.92 Å². The number of aliphatic hydroxyl groups is 2. The highest BCUT2D eigenvalue weighted by molar-refractivity contribution is 5.98. The van der Waals surface area contributed by atoms with Crippen LogP contribution in [0.15, 0.2) is 47.0 Å². The van der Waals surface area contributed by atoms with Crippen LogP contribution in [-0.4, -0.2) is 51.3 Å². The Balaban J connectivity index is 1.44. The molecule has 4 rings (SSSR count). The minimum Gasteiger partial charge on any atom is -0.481 e. The van der Waals surface area contributed by atoms with E-state index in [1.54, 1.807) is 24.3 Å². The van der Waals surface area contributed by atoms with Crippen LogP contribution in [0, 0.1) is 11.7 Å². The second-order valence-electron chi connectivity index (χ2n) is 8.72. The molecule has 1 fully saturated rings. The van der Waals surface area contributed by atoms with E-state index >= 15 is 0 Å². The van der Waals surface area contributed by atoms with Gasteiger partial charge < -0.3 is 24.8 Å². The van der Waals surface area contributed by atoms with Crippen LogP contribution in [0.2, 0.25) is 0 Å². The van der Waals surface area contributed by atoms with Gasteiger partial charge in [-0.05, 0) is 55.7 Å². The first kappa shape index (κ1) is 25.5. The number of aromatic nitrogens is 2.